The molecule has 0 unspecified atom stereocenters. The van der Waals surface area contributed by atoms with Crippen LogP contribution in [0.25, 0.3) is 0 Å². The lowest BCUT2D eigenvalue weighted by molar-refractivity contribution is -0.122. The van der Waals surface area contributed by atoms with Crippen LogP contribution in [0.4, 0.5) is 10.1 Å². The SMILES string of the molecule is CC[C@@H](Oc1ccccc1F)C(=O)Nc1ccc(CSc2ccccc2)cc1C. The van der Waals surface area contributed by atoms with Crippen molar-refractivity contribution in [1.82, 2.24) is 0 Å². The number of hydrogen-bond donors (Lipinski definition) is 1. The standard InChI is InChI=1S/C24H24FNO2S/c1-3-22(28-23-12-8-7-11-20(23)25)24(27)26-21-14-13-18(15-17(21)2)16-29-19-9-5-4-6-10-19/h4-15,22H,3,16H2,1-2H3,(H,26,27)/t22-/m1/s1. The lowest BCUT2D eigenvalue weighted by atomic mass is 10.1. The van der Waals surface area contributed by atoms with E-state index in [0.29, 0.717) is 6.42 Å². The molecule has 3 rings (SSSR count). The molecule has 0 spiro atoms. The lowest BCUT2D eigenvalue weighted by Crippen LogP contribution is -2.32. The van der Waals surface area contributed by atoms with Gasteiger partial charge < -0.3 is 10.1 Å². The zero-order valence-corrected chi connectivity index (χ0v) is 17.3. The van der Waals surface area contributed by atoms with E-state index in [1.54, 1.807) is 23.9 Å². The first-order valence-electron chi connectivity index (χ1n) is 9.56. The minimum Gasteiger partial charge on any atom is -0.478 e. The Morgan fingerprint density at radius 2 is 1.79 bits per heavy atom. The normalized spacial score (nSPS) is 11.7. The number of carbonyl (C=O) groups excluding carboxylic acids is 1. The van der Waals surface area contributed by atoms with Gasteiger partial charge in [-0.3, -0.25) is 4.79 Å². The van der Waals surface area contributed by atoms with Crippen LogP contribution < -0.4 is 10.1 Å². The highest BCUT2D eigenvalue weighted by atomic mass is 32.2. The molecule has 0 saturated heterocycles. The number of benzene rings is 3. The summed E-state index contributed by atoms with van der Waals surface area (Å²) in [7, 11) is 0. The van der Waals surface area contributed by atoms with Gasteiger partial charge in [0.05, 0.1) is 0 Å². The van der Waals surface area contributed by atoms with E-state index in [2.05, 4.69) is 23.5 Å². The number of hydrogen-bond acceptors (Lipinski definition) is 3. The number of nitrogens with one attached hydrogen (secondary N) is 1. The minimum atomic E-state index is -0.764. The first kappa shape index (κ1) is 20.9. The van der Waals surface area contributed by atoms with Gasteiger partial charge in [-0.2, -0.15) is 0 Å². The van der Waals surface area contributed by atoms with Gasteiger partial charge in [0.15, 0.2) is 17.7 Å². The Kier molecular flexibility index (Phi) is 7.30. The monoisotopic (exact) mass is 409 g/mol. The molecular weight excluding hydrogens is 385 g/mol. The molecule has 150 valence electrons. The minimum absolute atomic E-state index is 0.0829. The highest BCUT2D eigenvalue weighted by Gasteiger charge is 2.20. The zero-order chi connectivity index (χ0) is 20.6. The number of aryl methyl sites for hydroxylation is 1. The van der Waals surface area contributed by atoms with Crippen molar-refractivity contribution in [3.8, 4) is 5.75 Å². The average Bonchev–Trinajstić information content (AvgIpc) is 2.74. The quantitative estimate of drug-likeness (QED) is 0.449. The van der Waals surface area contributed by atoms with Gasteiger partial charge in [0.2, 0.25) is 0 Å². The summed E-state index contributed by atoms with van der Waals surface area (Å²) in [6.45, 7) is 3.80. The highest BCUT2D eigenvalue weighted by Crippen LogP contribution is 2.25. The maximum Gasteiger partial charge on any atom is 0.265 e. The maximum atomic E-state index is 13.8. The Morgan fingerprint density at radius 3 is 2.48 bits per heavy atom. The summed E-state index contributed by atoms with van der Waals surface area (Å²) in [6.07, 6.45) is -0.329. The third kappa shape index (κ3) is 5.84. The van der Waals surface area contributed by atoms with E-state index >= 15 is 0 Å². The van der Waals surface area contributed by atoms with Gasteiger partial charge in [-0.15, -0.1) is 11.8 Å². The molecule has 3 aromatic carbocycles. The van der Waals surface area contributed by atoms with E-state index in [-0.39, 0.29) is 11.7 Å². The maximum absolute atomic E-state index is 13.8. The van der Waals surface area contributed by atoms with Gasteiger partial charge in [0.25, 0.3) is 5.91 Å². The van der Waals surface area contributed by atoms with Crippen molar-refractivity contribution in [2.75, 3.05) is 5.32 Å². The molecule has 29 heavy (non-hydrogen) atoms. The molecule has 1 amide bonds. The van der Waals surface area contributed by atoms with E-state index in [1.165, 1.54) is 22.6 Å². The molecule has 0 aliphatic carbocycles. The van der Waals surface area contributed by atoms with Crippen LogP contribution in [0.5, 0.6) is 5.75 Å². The van der Waals surface area contributed by atoms with Crippen LogP contribution in [0.2, 0.25) is 0 Å². The van der Waals surface area contributed by atoms with Gasteiger partial charge in [0, 0.05) is 16.3 Å². The van der Waals surface area contributed by atoms with Gasteiger partial charge in [0.1, 0.15) is 0 Å². The Hall–Kier alpha value is -2.79. The molecule has 3 nitrogen and oxygen atoms in total. The number of ether oxygens (including phenoxy) is 1. The number of rotatable bonds is 8. The average molecular weight is 410 g/mol. The van der Waals surface area contributed by atoms with Crippen molar-refractivity contribution in [2.24, 2.45) is 0 Å². The van der Waals surface area contributed by atoms with E-state index in [0.717, 1.165) is 17.0 Å². The number of anilines is 1. The molecule has 0 radical (unpaired) electrons. The molecule has 3 aromatic rings. The number of halogens is 1. The Morgan fingerprint density at radius 1 is 1.07 bits per heavy atom. The fraction of sp³-hybridized carbons (Fsp3) is 0.208. The number of amides is 1. The summed E-state index contributed by atoms with van der Waals surface area (Å²) < 4.78 is 19.4. The van der Waals surface area contributed by atoms with Gasteiger partial charge >= 0.3 is 0 Å². The molecule has 5 heteroatoms. The van der Waals surface area contributed by atoms with Gasteiger partial charge in [-0.1, -0.05) is 49.4 Å². The van der Waals surface area contributed by atoms with Crippen LogP contribution in [0, 0.1) is 12.7 Å². The van der Waals surface area contributed by atoms with Crippen LogP contribution in [0.3, 0.4) is 0 Å². The topological polar surface area (TPSA) is 38.3 Å². The molecular formula is C24H24FNO2S. The van der Waals surface area contributed by atoms with Crippen molar-refractivity contribution in [1.29, 1.82) is 0 Å². The van der Waals surface area contributed by atoms with Crippen LogP contribution in [0.15, 0.2) is 77.7 Å². The van der Waals surface area contributed by atoms with Gasteiger partial charge in [-0.25, -0.2) is 4.39 Å². The van der Waals surface area contributed by atoms with Crippen molar-refractivity contribution in [3.05, 3.63) is 89.7 Å². The van der Waals surface area contributed by atoms with Crippen molar-refractivity contribution >= 4 is 23.4 Å². The summed E-state index contributed by atoms with van der Waals surface area (Å²) in [5.41, 5.74) is 2.90. The molecule has 1 N–H and O–H groups in total. The third-order valence-corrected chi connectivity index (χ3v) is 5.55. The lowest BCUT2D eigenvalue weighted by Gasteiger charge is -2.18. The molecule has 0 saturated carbocycles. The van der Waals surface area contributed by atoms with Crippen molar-refractivity contribution in [2.45, 2.75) is 37.0 Å². The number of para-hydroxylation sites is 1. The summed E-state index contributed by atoms with van der Waals surface area (Å²) in [6, 6.07) is 22.3. The highest BCUT2D eigenvalue weighted by molar-refractivity contribution is 7.98. The Labute approximate surface area is 175 Å². The van der Waals surface area contributed by atoms with E-state index in [9.17, 15) is 9.18 Å². The van der Waals surface area contributed by atoms with Crippen molar-refractivity contribution < 1.29 is 13.9 Å². The van der Waals surface area contributed by atoms with Gasteiger partial charge in [-0.05, 0) is 54.8 Å². The van der Waals surface area contributed by atoms with Crippen LogP contribution in [-0.4, -0.2) is 12.0 Å². The van der Waals surface area contributed by atoms with Crippen LogP contribution in [-0.2, 0) is 10.5 Å². The first-order chi connectivity index (χ1) is 14.1. The second kappa shape index (κ2) is 10.1. The Bertz CT molecular complexity index is 962. The predicted molar refractivity (Wildman–Crippen MR) is 117 cm³/mol. The van der Waals surface area contributed by atoms with E-state index in [4.69, 9.17) is 4.74 Å². The van der Waals surface area contributed by atoms with Crippen molar-refractivity contribution in [3.63, 3.8) is 0 Å². The molecule has 0 heterocycles. The predicted octanol–water partition coefficient (Wildman–Crippen LogP) is 6.22. The van der Waals surface area contributed by atoms with Crippen LogP contribution in [0.1, 0.15) is 24.5 Å². The molecule has 0 bridgehead atoms. The molecule has 0 aromatic heterocycles. The summed E-state index contributed by atoms with van der Waals surface area (Å²) >= 11 is 1.77. The van der Waals surface area contributed by atoms with E-state index < -0.39 is 11.9 Å². The first-order valence-corrected chi connectivity index (χ1v) is 10.5. The second-order valence-electron chi connectivity index (χ2n) is 6.69. The number of carbonyl (C=O) groups is 1. The summed E-state index contributed by atoms with van der Waals surface area (Å²) in [4.78, 5) is 13.9. The molecule has 1 atom stereocenters. The summed E-state index contributed by atoms with van der Waals surface area (Å²) in [5, 5.41) is 2.91. The second-order valence-corrected chi connectivity index (χ2v) is 7.73. The zero-order valence-electron chi connectivity index (χ0n) is 16.5. The van der Waals surface area contributed by atoms with E-state index in [1.807, 2.05) is 44.2 Å². The number of thioether (sulfide) groups is 1. The smallest absolute Gasteiger partial charge is 0.265 e. The molecule has 0 fully saturated rings. The Balaban J connectivity index is 1.62. The summed E-state index contributed by atoms with van der Waals surface area (Å²) in [5.74, 6) is 0.174. The molecule has 0 aliphatic rings. The van der Waals surface area contributed by atoms with Crippen LogP contribution >= 0.6 is 11.8 Å². The fourth-order valence-electron chi connectivity index (χ4n) is 2.87. The largest absolute Gasteiger partial charge is 0.478 e. The third-order valence-electron chi connectivity index (χ3n) is 4.47. The fourth-order valence-corrected chi connectivity index (χ4v) is 3.73. The molecule has 0 aliphatic heterocycles.